The highest BCUT2D eigenvalue weighted by Crippen LogP contribution is 2.30. The van der Waals surface area contributed by atoms with Gasteiger partial charge in [0.15, 0.2) is 0 Å². The van der Waals surface area contributed by atoms with Crippen LogP contribution >= 0.6 is 0 Å². The van der Waals surface area contributed by atoms with Gasteiger partial charge in [-0.2, -0.15) is 5.10 Å². The van der Waals surface area contributed by atoms with Gasteiger partial charge in [0, 0.05) is 30.9 Å². The van der Waals surface area contributed by atoms with Crippen LogP contribution < -0.4 is 10.1 Å². The molecule has 2 aromatic carbocycles. The fourth-order valence-electron chi connectivity index (χ4n) is 3.94. The van der Waals surface area contributed by atoms with Crippen LogP contribution in [0.15, 0.2) is 60.7 Å². The van der Waals surface area contributed by atoms with Crippen molar-refractivity contribution >= 4 is 5.91 Å². The minimum absolute atomic E-state index is 0.0229. The molecule has 1 unspecified atom stereocenters. The van der Waals surface area contributed by atoms with Crippen molar-refractivity contribution in [2.75, 3.05) is 26.2 Å². The van der Waals surface area contributed by atoms with Gasteiger partial charge in [-0.1, -0.05) is 36.4 Å². The number of para-hydroxylation sites is 2. The maximum absolute atomic E-state index is 12.9. The first kappa shape index (κ1) is 19.2. The molecule has 150 valence electrons. The van der Waals surface area contributed by atoms with Crippen LogP contribution in [0.4, 0.5) is 0 Å². The Balaban J connectivity index is 1.57. The topological polar surface area (TPSA) is 59.4 Å². The summed E-state index contributed by atoms with van der Waals surface area (Å²) in [4.78, 5) is 15.0. The lowest BCUT2D eigenvalue weighted by Crippen LogP contribution is -2.51. The molecular weight excluding hydrogens is 364 g/mol. The molecule has 29 heavy (non-hydrogen) atoms. The van der Waals surface area contributed by atoms with Gasteiger partial charge in [0.05, 0.1) is 11.4 Å². The van der Waals surface area contributed by atoms with Gasteiger partial charge in [-0.25, -0.2) is 4.68 Å². The molecule has 1 aliphatic rings. The van der Waals surface area contributed by atoms with E-state index in [1.165, 1.54) is 0 Å². The molecule has 3 aromatic rings. The summed E-state index contributed by atoms with van der Waals surface area (Å²) in [6.07, 6.45) is 0. The number of hydrogen-bond donors (Lipinski definition) is 1. The molecule has 0 spiro atoms. The standard InChI is InChI=1S/C23H26N4O2/c1-17-21(18(2)27(25-17)19-9-5-3-6-10-19)22-23(28)24-13-14-26(22)15-16-29-20-11-7-4-8-12-20/h3-12,22H,13-16H2,1-2H3,(H,24,28). The van der Waals surface area contributed by atoms with Crippen molar-refractivity contribution in [3.63, 3.8) is 0 Å². The molecule has 0 saturated carbocycles. The van der Waals surface area contributed by atoms with Crippen LogP contribution in [-0.2, 0) is 4.79 Å². The lowest BCUT2D eigenvalue weighted by Gasteiger charge is -2.35. The third-order valence-electron chi connectivity index (χ3n) is 5.32. The smallest absolute Gasteiger partial charge is 0.242 e. The van der Waals surface area contributed by atoms with Crippen molar-refractivity contribution in [2.45, 2.75) is 19.9 Å². The van der Waals surface area contributed by atoms with E-state index in [0.29, 0.717) is 19.7 Å². The summed E-state index contributed by atoms with van der Waals surface area (Å²) in [7, 11) is 0. The quantitative estimate of drug-likeness (QED) is 0.703. The Bertz CT molecular complexity index is 969. The molecule has 1 fully saturated rings. The number of aromatic nitrogens is 2. The highest BCUT2D eigenvalue weighted by atomic mass is 16.5. The number of rotatable bonds is 6. The normalized spacial score (nSPS) is 17.2. The predicted molar refractivity (Wildman–Crippen MR) is 112 cm³/mol. The van der Waals surface area contributed by atoms with Gasteiger partial charge in [-0.15, -0.1) is 0 Å². The Hall–Kier alpha value is -3.12. The second kappa shape index (κ2) is 8.49. The average molecular weight is 390 g/mol. The Morgan fingerprint density at radius 2 is 1.76 bits per heavy atom. The van der Waals surface area contributed by atoms with E-state index in [9.17, 15) is 4.79 Å². The molecule has 6 nitrogen and oxygen atoms in total. The van der Waals surface area contributed by atoms with Crippen molar-refractivity contribution in [1.82, 2.24) is 20.0 Å². The molecule has 0 bridgehead atoms. The van der Waals surface area contributed by atoms with Gasteiger partial charge in [0.2, 0.25) is 5.91 Å². The molecule has 1 saturated heterocycles. The lowest BCUT2D eigenvalue weighted by molar-refractivity contribution is -0.129. The predicted octanol–water partition coefficient (Wildman–Crippen LogP) is 3.04. The average Bonchev–Trinajstić information content (AvgIpc) is 3.04. The van der Waals surface area contributed by atoms with E-state index in [0.717, 1.165) is 34.9 Å². The van der Waals surface area contributed by atoms with Crippen LogP contribution in [0.1, 0.15) is 23.0 Å². The molecule has 0 aliphatic carbocycles. The van der Waals surface area contributed by atoms with E-state index in [-0.39, 0.29) is 11.9 Å². The minimum Gasteiger partial charge on any atom is -0.492 e. The van der Waals surface area contributed by atoms with Crippen molar-refractivity contribution in [3.8, 4) is 11.4 Å². The van der Waals surface area contributed by atoms with Gasteiger partial charge in [-0.05, 0) is 38.1 Å². The molecule has 6 heteroatoms. The summed E-state index contributed by atoms with van der Waals surface area (Å²) in [5.41, 5.74) is 3.84. The van der Waals surface area contributed by atoms with Crippen LogP contribution in [0, 0.1) is 13.8 Å². The van der Waals surface area contributed by atoms with Gasteiger partial charge in [0.1, 0.15) is 18.4 Å². The van der Waals surface area contributed by atoms with E-state index in [2.05, 4.69) is 10.2 Å². The maximum Gasteiger partial charge on any atom is 0.242 e. The second-order valence-electron chi connectivity index (χ2n) is 7.22. The molecule has 4 rings (SSSR count). The summed E-state index contributed by atoms with van der Waals surface area (Å²) < 4.78 is 7.79. The lowest BCUT2D eigenvalue weighted by atomic mass is 10.0. The van der Waals surface area contributed by atoms with Crippen LogP contribution in [0.25, 0.3) is 5.69 Å². The summed E-state index contributed by atoms with van der Waals surface area (Å²) in [6, 6.07) is 19.4. The van der Waals surface area contributed by atoms with E-state index < -0.39 is 0 Å². The number of piperazine rings is 1. The molecule has 1 N–H and O–H groups in total. The molecule has 1 atom stereocenters. The summed E-state index contributed by atoms with van der Waals surface area (Å²) >= 11 is 0. The highest BCUT2D eigenvalue weighted by Gasteiger charge is 2.35. The first-order valence-electron chi connectivity index (χ1n) is 9.96. The van der Waals surface area contributed by atoms with Gasteiger partial charge < -0.3 is 10.1 Å². The van der Waals surface area contributed by atoms with Gasteiger partial charge >= 0.3 is 0 Å². The maximum atomic E-state index is 12.9. The van der Waals surface area contributed by atoms with Gasteiger partial charge in [-0.3, -0.25) is 9.69 Å². The van der Waals surface area contributed by atoms with Crippen molar-refractivity contribution in [1.29, 1.82) is 0 Å². The Labute approximate surface area is 171 Å². The van der Waals surface area contributed by atoms with Crippen molar-refractivity contribution in [3.05, 3.63) is 77.6 Å². The Morgan fingerprint density at radius 1 is 1.07 bits per heavy atom. The number of amides is 1. The number of ether oxygens (including phenoxy) is 1. The fourth-order valence-corrected chi connectivity index (χ4v) is 3.94. The van der Waals surface area contributed by atoms with Crippen molar-refractivity contribution in [2.24, 2.45) is 0 Å². The molecule has 1 amide bonds. The largest absolute Gasteiger partial charge is 0.492 e. The number of benzene rings is 2. The molecule has 1 aliphatic heterocycles. The first-order chi connectivity index (χ1) is 14.1. The first-order valence-corrected chi connectivity index (χ1v) is 9.96. The van der Waals surface area contributed by atoms with E-state index in [4.69, 9.17) is 9.84 Å². The Kier molecular flexibility index (Phi) is 5.62. The number of carbonyl (C=O) groups is 1. The van der Waals surface area contributed by atoms with E-state index in [1.54, 1.807) is 0 Å². The number of nitrogens with zero attached hydrogens (tertiary/aromatic N) is 3. The van der Waals surface area contributed by atoms with Crippen LogP contribution in [0.5, 0.6) is 5.75 Å². The zero-order valence-corrected chi connectivity index (χ0v) is 16.8. The number of hydrogen-bond acceptors (Lipinski definition) is 4. The van der Waals surface area contributed by atoms with Crippen molar-refractivity contribution < 1.29 is 9.53 Å². The Morgan fingerprint density at radius 3 is 2.48 bits per heavy atom. The van der Waals surface area contributed by atoms with Gasteiger partial charge in [0.25, 0.3) is 0 Å². The fraction of sp³-hybridized carbons (Fsp3) is 0.304. The third-order valence-corrected chi connectivity index (χ3v) is 5.32. The summed E-state index contributed by atoms with van der Waals surface area (Å²) in [6.45, 7) is 6.63. The molecule has 2 heterocycles. The molecule has 0 radical (unpaired) electrons. The van der Waals surface area contributed by atoms with Crippen LogP contribution in [0.2, 0.25) is 0 Å². The van der Waals surface area contributed by atoms with Crippen LogP contribution in [0.3, 0.4) is 0 Å². The molecular formula is C23H26N4O2. The minimum atomic E-state index is -0.361. The summed E-state index contributed by atoms with van der Waals surface area (Å²) in [5.74, 6) is 0.865. The monoisotopic (exact) mass is 390 g/mol. The number of carbonyl (C=O) groups excluding carboxylic acids is 1. The zero-order valence-electron chi connectivity index (χ0n) is 16.8. The summed E-state index contributed by atoms with van der Waals surface area (Å²) in [5, 5.41) is 7.74. The highest BCUT2D eigenvalue weighted by molar-refractivity contribution is 5.84. The van der Waals surface area contributed by atoms with E-state index in [1.807, 2.05) is 79.2 Å². The van der Waals surface area contributed by atoms with Crippen LogP contribution in [-0.4, -0.2) is 46.8 Å². The van der Waals surface area contributed by atoms with E-state index >= 15 is 0 Å². The number of aryl methyl sites for hydroxylation is 1. The number of nitrogens with one attached hydrogen (secondary N) is 1. The molecule has 1 aromatic heterocycles. The SMILES string of the molecule is Cc1nn(-c2ccccc2)c(C)c1C1C(=O)NCCN1CCOc1ccccc1. The second-order valence-corrected chi connectivity index (χ2v) is 7.22. The zero-order chi connectivity index (χ0) is 20.2. The third kappa shape index (κ3) is 4.03.